The van der Waals surface area contributed by atoms with Crippen molar-refractivity contribution in [2.45, 2.75) is 54.0 Å². The number of hydrogen-bond donors (Lipinski definition) is 0. The summed E-state index contributed by atoms with van der Waals surface area (Å²) in [5.74, 6) is 5.47. The van der Waals surface area contributed by atoms with Gasteiger partial charge in [0.2, 0.25) is 0 Å². The van der Waals surface area contributed by atoms with Crippen LogP contribution in [0.4, 0.5) is 0 Å². The van der Waals surface area contributed by atoms with Gasteiger partial charge in [-0.25, -0.2) is 0 Å². The molecule has 10 heteroatoms. The van der Waals surface area contributed by atoms with Gasteiger partial charge in [-0.2, -0.15) is 0 Å². The Morgan fingerprint density at radius 1 is 0.367 bits per heavy atom. The van der Waals surface area contributed by atoms with Gasteiger partial charge >= 0.3 is 0 Å². The van der Waals surface area contributed by atoms with Gasteiger partial charge in [0.05, 0.1) is 64.0 Å². The molecule has 0 amide bonds. The summed E-state index contributed by atoms with van der Waals surface area (Å²) < 4.78 is 55.3. The van der Waals surface area contributed by atoms with Crippen LogP contribution >= 0.6 is 0 Å². The number of allylic oxidation sites excluding steroid dienone is 4. The molecule has 0 aromatic heterocycles. The highest BCUT2D eigenvalue weighted by Crippen LogP contribution is 2.52. The normalized spacial score (nSPS) is 13.5. The standard InChI is InChI=1S/C39H52O9Si/c1-20-21(2)23(4)36(22(20)3)49(37-24(5)33(46-14)27(40-8)17-30(37)43-11,38-25(6)34(47-15)28(41-9)18-31(38)44-12)39-26(7)35(48-16)29(42-10)19-32(39)45-13/h17-19,36H,1-16H3. The third-order valence-electron chi connectivity index (χ3n) is 10.5. The highest BCUT2D eigenvalue weighted by atomic mass is 28.3. The van der Waals surface area contributed by atoms with Crippen LogP contribution < -0.4 is 58.2 Å². The molecule has 0 saturated heterocycles. The van der Waals surface area contributed by atoms with Crippen LogP contribution in [0.3, 0.4) is 0 Å². The summed E-state index contributed by atoms with van der Waals surface area (Å²) >= 11 is 0. The molecule has 3 aromatic rings. The molecule has 0 bridgehead atoms. The lowest BCUT2D eigenvalue weighted by Gasteiger charge is -2.45. The first kappa shape index (κ1) is 37.4. The van der Waals surface area contributed by atoms with Gasteiger partial charge in [-0.15, -0.1) is 0 Å². The van der Waals surface area contributed by atoms with Crippen LogP contribution in [0.25, 0.3) is 0 Å². The summed E-state index contributed by atoms with van der Waals surface area (Å²) in [6.45, 7) is 15.1. The predicted molar refractivity (Wildman–Crippen MR) is 198 cm³/mol. The van der Waals surface area contributed by atoms with Gasteiger partial charge in [0.15, 0.2) is 42.6 Å². The molecule has 1 aliphatic carbocycles. The smallest absolute Gasteiger partial charge is 0.174 e. The number of methoxy groups -OCH3 is 9. The van der Waals surface area contributed by atoms with E-state index < -0.39 is 8.07 Å². The Balaban J connectivity index is 2.61. The van der Waals surface area contributed by atoms with E-state index in [4.69, 9.17) is 42.6 Å². The van der Waals surface area contributed by atoms with Crippen LogP contribution in [0.15, 0.2) is 40.5 Å². The van der Waals surface area contributed by atoms with E-state index in [9.17, 15) is 0 Å². The second-order valence-corrected chi connectivity index (χ2v) is 16.0. The van der Waals surface area contributed by atoms with Crippen molar-refractivity contribution in [3.63, 3.8) is 0 Å². The Bertz CT molecular complexity index is 1630. The molecule has 0 fully saturated rings. The highest BCUT2D eigenvalue weighted by molar-refractivity contribution is 7.15. The van der Waals surface area contributed by atoms with Crippen molar-refractivity contribution in [2.24, 2.45) is 0 Å². The maximum atomic E-state index is 6.40. The zero-order chi connectivity index (χ0) is 36.5. The Morgan fingerprint density at radius 3 is 0.816 bits per heavy atom. The molecular weight excluding hydrogens is 641 g/mol. The first-order valence-electron chi connectivity index (χ1n) is 16.1. The average molecular weight is 693 g/mol. The predicted octanol–water partition coefficient (Wildman–Crippen LogP) is 6.22. The second kappa shape index (κ2) is 14.6. The van der Waals surface area contributed by atoms with Crippen LogP contribution in [0, 0.1) is 20.8 Å². The van der Waals surface area contributed by atoms with Crippen molar-refractivity contribution in [1.29, 1.82) is 0 Å². The summed E-state index contributed by atoms with van der Waals surface area (Å²) in [5.41, 5.74) is 7.45. The van der Waals surface area contributed by atoms with E-state index in [1.165, 1.54) is 22.3 Å². The Labute approximate surface area is 292 Å². The minimum atomic E-state index is -3.68. The molecule has 0 heterocycles. The average Bonchev–Trinajstić information content (AvgIpc) is 3.30. The van der Waals surface area contributed by atoms with Crippen molar-refractivity contribution in [3.8, 4) is 51.7 Å². The zero-order valence-electron chi connectivity index (χ0n) is 32.0. The van der Waals surface area contributed by atoms with E-state index in [0.29, 0.717) is 51.7 Å². The third-order valence-corrected chi connectivity index (χ3v) is 16.5. The van der Waals surface area contributed by atoms with Gasteiger partial charge in [0.1, 0.15) is 17.2 Å². The molecule has 4 rings (SSSR count). The first-order valence-corrected chi connectivity index (χ1v) is 18.2. The SMILES string of the molecule is COc1cc(OC)c([Si](c2c(OC)cc(OC)c(OC)c2C)(c2c(OC)cc(OC)c(OC)c2C)C2C(C)=C(C)C(C)=C2C)c(C)c1OC. The summed E-state index contributed by atoms with van der Waals surface area (Å²) in [5, 5.41) is 2.92. The van der Waals surface area contributed by atoms with Crippen molar-refractivity contribution >= 4 is 23.6 Å². The fourth-order valence-corrected chi connectivity index (χ4v) is 15.3. The van der Waals surface area contributed by atoms with E-state index in [1.54, 1.807) is 64.0 Å². The lowest BCUT2D eigenvalue weighted by molar-refractivity contribution is 0.347. The molecule has 0 N–H and O–H groups in total. The third kappa shape index (κ3) is 5.44. The second-order valence-electron chi connectivity index (χ2n) is 12.3. The zero-order valence-corrected chi connectivity index (χ0v) is 33.0. The number of benzene rings is 3. The molecule has 49 heavy (non-hydrogen) atoms. The van der Waals surface area contributed by atoms with E-state index >= 15 is 0 Å². The lowest BCUT2D eigenvalue weighted by Crippen LogP contribution is -2.72. The van der Waals surface area contributed by atoms with Crippen LogP contribution in [-0.2, 0) is 0 Å². The molecule has 0 unspecified atom stereocenters. The molecular formula is C39H52O9Si. The molecule has 266 valence electrons. The van der Waals surface area contributed by atoms with Gasteiger partial charge in [-0.3, -0.25) is 0 Å². The summed E-state index contributed by atoms with van der Waals surface area (Å²) in [4.78, 5) is 0. The molecule has 0 saturated carbocycles. The van der Waals surface area contributed by atoms with Crippen LogP contribution in [0.5, 0.6) is 51.7 Å². The van der Waals surface area contributed by atoms with Crippen molar-refractivity contribution in [3.05, 3.63) is 57.2 Å². The fourth-order valence-electron chi connectivity index (χ4n) is 8.20. The van der Waals surface area contributed by atoms with Crippen LogP contribution in [0.1, 0.15) is 44.4 Å². The van der Waals surface area contributed by atoms with Gasteiger partial charge in [-0.1, -0.05) is 11.1 Å². The Hall–Kier alpha value is -4.44. The van der Waals surface area contributed by atoms with Crippen molar-refractivity contribution in [1.82, 2.24) is 0 Å². The summed E-state index contributed by atoms with van der Waals surface area (Å²) in [6.07, 6.45) is 0. The Kier molecular flexibility index (Phi) is 11.1. The monoisotopic (exact) mass is 692 g/mol. The summed E-state index contributed by atoms with van der Waals surface area (Å²) in [7, 11) is 11.3. The topological polar surface area (TPSA) is 83.1 Å². The van der Waals surface area contributed by atoms with Crippen LogP contribution in [-0.4, -0.2) is 72.1 Å². The highest BCUT2D eigenvalue weighted by Gasteiger charge is 2.58. The first-order chi connectivity index (χ1) is 23.4. The van der Waals surface area contributed by atoms with E-state index in [1.807, 2.05) is 18.2 Å². The van der Waals surface area contributed by atoms with E-state index in [2.05, 4.69) is 48.5 Å². The van der Waals surface area contributed by atoms with Gasteiger partial charge in [-0.05, 0) is 91.9 Å². The van der Waals surface area contributed by atoms with Gasteiger partial charge in [0.25, 0.3) is 0 Å². The number of rotatable bonds is 13. The quantitative estimate of drug-likeness (QED) is 0.153. The minimum Gasteiger partial charge on any atom is -0.497 e. The molecule has 1 aliphatic rings. The van der Waals surface area contributed by atoms with Crippen LogP contribution in [0.2, 0.25) is 5.54 Å². The minimum absolute atomic E-state index is 0.144. The molecule has 0 radical (unpaired) electrons. The lowest BCUT2D eigenvalue weighted by atomic mass is 10.1. The van der Waals surface area contributed by atoms with Gasteiger partial charge < -0.3 is 42.6 Å². The van der Waals surface area contributed by atoms with Crippen molar-refractivity contribution in [2.75, 3.05) is 64.0 Å². The van der Waals surface area contributed by atoms with E-state index in [0.717, 1.165) is 32.3 Å². The van der Waals surface area contributed by atoms with E-state index in [-0.39, 0.29) is 5.54 Å². The number of ether oxygens (including phenoxy) is 9. The molecule has 0 spiro atoms. The maximum absolute atomic E-state index is 6.40. The molecule has 3 aromatic carbocycles. The Morgan fingerprint density at radius 2 is 0.612 bits per heavy atom. The van der Waals surface area contributed by atoms with Gasteiger partial charge in [0, 0.05) is 23.7 Å². The largest absolute Gasteiger partial charge is 0.497 e. The maximum Gasteiger partial charge on any atom is 0.174 e. The van der Waals surface area contributed by atoms with Crippen molar-refractivity contribution < 1.29 is 42.6 Å². The molecule has 9 nitrogen and oxygen atoms in total. The molecule has 0 aliphatic heterocycles. The fraction of sp³-hybridized carbons (Fsp3) is 0.436. The molecule has 0 atom stereocenters. The summed E-state index contributed by atoms with van der Waals surface area (Å²) in [6, 6.07) is 5.75. The number of hydrogen-bond acceptors (Lipinski definition) is 9.